The zero-order chi connectivity index (χ0) is 24.7. The van der Waals surface area contributed by atoms with Crippen LogP contribution in [0.15, 0.2) is 58.5 Å². The third-order valence-corrected chi connectivity index (χ3v) is 8.05. The van der Waals surface area contributed by atoms with Gasteiger partial charge in [0.2, 0.25) is 0 Å². The van der Waals surface area contributed by atoms with Crippen LogP contribution in [0.2, 0.25) is 0 Å². The summed E-state index contributed by atoms with van der Waals surface area (Å²) in [6.45, 7) is 4.14. The van der Waals surface area contributed by atoms with Crippen LogP contribution in [0.3, 0.4) is 0 Å². The zero-order valence-electron chi connectivity index (χ0n) is 19.4. The molecule has 3 aromatic heterocycles. The molecule has 1 fully saturated rings. The standard InChI is InChI=1S/C25H25FN4O4S/c1-3-35(32,33)16-6-7-21(26)18(13-16)20-15-29(2)25(31)23-19(20)14-22(28-23)17-5-4-8-27-24(17)30-9-11-34-12-10-30/h4-8,13-15,28H,3,9-12H2,1-2H3. The fourth-order valence-corrected chi connectivity index (χ4v) is 5.30. The van der Waals surface area contributed by atoms with Crippen molar-refractivity contribution in [1.82, 2.24) is 14.5 Å². The predicted octanol–water partition coefficient (Wildman–Crippen LogP) is 3.36. The molecule has 8 nitrogen and oxygen atoms in total. The number of nitrogens with one attached hydrogen (secondary N) is 1. The van der Waals surface area contributed by atoms with Crippen LogP contribution in [0.5, 0.6) is 0 Å². The second-order valence-corrected chi connectivity index (χ2v) is 10.7. The van der Waals surface area contributed by atoms with Crippen molar-refractivity contribution in [2.75, 3.05) is 37.0 Å². The molecule has 1 aliphatic heterocycles. The highest BCUT2D eigenvalue weighted by Crippen LogP contribution is 2.36. The Balaban J connectivity index is 1.72. The maximum absolute atomic E-state index is 15.0. The number of aromatic amines is 1. The summed E-state index contributed by atoms with van der Waals surface area (Å²) in [6.07, 6.45) is 3.26. The number of aryl methyl sites for hydroxylation is 1. The van der Waals surface area contributed by atoms with Crippen LogP contribution in [0.1, 0.15) is 6.92 Å². The largest absolute Gasteiger partial charge is 0.378 e. The number of aromatic nitrogens is 3. The van der Waals surface area contributed by atoms with Gasteiger partial charge in [-0.05, 0) is 36.4 Å². The van der Waals surface area contributed by atoms with Crippen molar-refractivity contribution >= 4 is 26.6 Å². The summed E-state index contributed by atoms with van der Waals surface area (Å²) >= 11 is 0. The van der Waals surface area contributed by atoms with Crippen molar-refractivity contribution in [3.8, 4) is 22.4 Å². The van der Waals surface area contributed by atoms with Gasteiger partial charge >= 0.3 is 0 Å². The summed E-state index contributed by atoms with van der Waals surface area (Å²) in [4.78, 5) is 23.0. The summed E-state index contributed by atoms with van der Waals surface area (Å²) in [6, 6.07) is 9.30. The van der Waals surface area contributed by atoms with Gasteiger partial charge in [-0.15, -0.1) is 0 Å². The van der Waals surface area contributed by atoms with Gasteiger partial charge in [-0.3, -0.25) is 4.79 Å². The smallest absolute Gasteiger partial charge is 0.274 e. The molecule has 1 aromatic carbocycles. The number of ether oxygens (including phenoxy) is 1. The van der Waals surface area contributed by atoms with E-state index in [0.717, 1.165) is 17.4 Å². The number of hydrogen-bond donors (Lipinski definition) is 1. The van der Waals surface area contributed by atoms with E-state index in [4.69, 9.17) is 4.74 Å². The molecule has 0 bridgehead atoms. The number of hydrogen-bond acceptors (Lipinski definition) is 6. The molecule has 182 valence electrons. The molecule has 1 aliphatic rings. The van der Waals surface area contributed by atoms with Gasteiger partial charge in [-0.2, -0.15) is 0 Å². The first-order chi connectivity index (χ1) is 16.8. The Bertz CT molecular complexity index is 1590. The van der Waals surface area contributed by atoms with Crippen molar-refractivity contribution in [1.29, 1.82) is 0 Å². The van der Waals surface area contributed by atoms with Crippen LogP contribution in [-0.2, 0) is 21.6 Å². The van der Waals surface area contributed by atoms with Crippen LogP contribution < -0.4 is 10.5 Å². The summed E-state index contributed by atoms with van der Waals surface area (Å²) in [5.41, 5.74) is 2.04. The Morgan fingerprint density at radius 3 is 2.63 bits per heavy atom. The number of pyridine rings is 2. The molecule has 4 aromatic rings. The lowest BCUT2D eigenvalue weighted by molar-refractivity contribution is 0.122. The van der Waals surface area contributed by atoms with Gasteiger partial charge < -0.3 is 19.2 Å². The molecule has 1 saturated heterocycles. The number of sulfone groups is 1. The molecule has 0 spiro atoms. The number of morpholine rings is 1. The number of H-pyrrole nitrogens is 1. The molecule has 35 heavy (non-hydrogen) atoms. The molecule has 5 rings (SSSR count). The molecule has 0 aliphatic carbocycles. The van der Waals surface area contributed by atoms with Gasteiger partial charge in [0, 0.05) is 54.6 Å². The summed E-state index contributed by atoms with van der Waals surface area (Å²) in [5.74, 6) is 0.0986. The Kier molecular flexibility index (Phi) is 5.94. The highest BCUT2D eigenvalue weighted by Gasteiger charge is 2.22. The molecule has 0 unspecified atom stereocenters. The minimum absolute atomic E-state index is 0.0380. The van der Waals surface area contributed by atoms with Crippen molar-refractivity contribution in [3.63, 3.8) is 0 Å². The Morgan fingerprint density at radius 1 is 1.11 bits per heavy atom. The first-order valence-corrected chi connectivity index (χ1v) is 13.0. The van der Waals surface area contributed by atoms with Crippen LogP contribution in [-0.4, -0.2) is 55.0 Å². The summed E-state index contributed by atoms with van der Waals surface area (Å²) in [7, 11) is -1.96. The SMILES string of the molecule is CCS(=O)(=O)c1ccc(F)c(-c2cn(C)c(=O)c3[nH]c(-c4cccnc4N4CCOCC4)cc23)c1. The summed E-state index contributed by atoms with van der Waals surface area (Å²) < 4.78 is 46.8. The van der Waals surface area contributed by atoms with Crippen molar-refractivity contribution in [2.45, 2.75) is 11.8 Å². The highest BCUT2D eigenvalue weighted by atomic mass is 32.2. The number of fused-ring (bicyclic) bond motifs is 1. The minimum atomic E-state index is -3.54. The number of anilines is 1. The van der Waals surface area contributed by atoms with Gasteiger partial charge in [0.15, 0.2) is 9.84 Å². The number of nitrogens with zero attached hydrogens (tertiary/aromatic N) is 3. The maximum Gasteiger partial charge on any atom is 0.274 e. The second kappa shape index (κ2) is 8.94. The quantitative estimate of drug-likeness (QED) is 0.426. The van der Waals surface area contributed by atoms with Gasteiger partial charge in [0.1, 0.15) is 17.2 Å². The summed E-state index contributed by atoms with van der Waals surface area (Å²) in [5, 5.41) is 0.504. The first kappa shape index (κ1) is 23.3. The van der Waals surface area contributed by atoms with E-state index in [1.165, 1.54) is 22.9 Å². The fourth-order valence-electron chi connectivity index (χ4n) is 4.40. The van der Waals surface area contributed by atoms with E-state index in [1.54, 1.807) is 26.2 Å². The highest BCUT2D eigenvalue weighted by molar-refractivity contribution is 7.91. The van der Waals surface area contributed by atoms with E-state index in [9.17, 15) is 13.2 Å². The topological polar surface area (TPSA) is 97.3 Å². The van der Waals surface area contributed by atoms with Gasteiger partial charge in [-0.1, -0.05) is 6.92 Å². The number of halogens is 1. The van der Waals surface area contributed by atoms with E-state index in [1.807, 2.05) is 12.1 Å². The van der Waals surface area contributed by atoms with Crippen molar-refractivity contribution < 1.29 is 17.5 Å². The third kappa shape index (κ3) is 4.12. The average Bonchev–Trinajstić information content (AvgIpc) is 3.33. The molecule has 0 atom stereocenters. The molecular formula is C25H25FN4O4S. The van der Waals surface area contributed by atoms with Gasteiger partial charge in [-0.25, -0.2) is 17.8 Å². The average molecular weight is 497 g/mol. The first-order valence-electron chi connectivity index (χ1n) is 11.3. The molecular weight excluding hydrogens is 471 g/mol. The van der Waals surface area contributed by atoms with Gasteiger partial charge in [0.25, 0.3) is 5.56 Å². The van der Waals surface area contributed by atoms with E-state index in [0.29, 0.717) is 48.5 Å². The van der Waals surface area contributed by atoms with Crippen LogP contribution in [0.25, 0.3) is 33.3 Å². The lowest BCUT2D eigenvalue weighted by Gasteiger charge is -2.29. The van der Waals surface area contributed by atoms with E-state index < -0.39 is 15.7 Å². The Labute approximate surface area is 201 Å². The fraction of sp³-hybridized carbons (Fsp3) is 0.280. The number of benzene rings is 1. The van der Waals surface area contributed by atoms with Crippen LogP contribution in [0.4, 0.5) is 10.2 Å². The molecule has 1 N–H and O–H groups in total. The lowest BCUT2D eigenvalue weighted by atomic mass is 10.0. The van der Waals surface area contributed by atoms with Crippen molar-refractivity contribution in [3.05, 3.63) is 65.0 Å². The molecule has 4 heterocycles. The monoisotopic (exact) mass is 496 g/mol. The van der Waals surface area contributed by atoms with E-state index >= 15 is 4.39 Å². The molecule has 0 amide bonds. The predicted molar refractivity (Wildman–Crippen MR) is 133 cm³/mol. The lowest BCUT2D eigenvalue weighted by Crippen LogP contribution is -2.37. The zero-order valence-corrected chi connectivity index (χ0v) is 20.2. The Hall–Kier alpha value is -3.50. The van der Waals surface area contributed by atoms with Crippen LogP contribution in [0, 0.1) is 5.82 Å². The molecule has 0 radical (unpaired) electrons. The maximum atomic E-state index is 15.0. The van der Waals surface area contributed by atoms with Crippen LogP contribution >= 0.6 is 0 Å². The van der Waals surface area contributed by atoms with Gasteiger partial charge in [0.05, 0.1) is 29.6 Å². The Morgan fingerprint density at radius 2 is 1.89 bits per heavy atom. The second-order valence-electron chi connectivity index (χ2n) is 8.45. The molecule has 0 saturated carbocycles. The third-order valence-electron chi connectivity index (χ3n) is 6.32. The van der Waals surface area contributed by atoms with E-state index in [-0.39, 0.29) is 21.8 Å². The number of rotatable bonds is 5. The van der Waals surface area contributed by atoms with E-state index in [2.05, 4.69) is 14.9 Å². The molecule has 10 heteroatoms. The normalized spacial score (nSPS) is 14.5. The van der Waals surface area contributed by atoms with Crippen molar-refractivity contribution in [2.24, 2.45) is 7.05 Å². The minimum Gasteiger partial charge on any atom is -0.378 e.